The second-order valence-electron chi connectivity index (χ2n) is 9.97. The molecule has 2 aliphatic carbocycles. The third-order valence-corrected chi connectivity index (χ3v) is 6.22. The summed E-state index contributed by atoms with van der Waals surface area (Å²) in [4.78, 5) is 10.2. The fourth-order valence-corrected chi connectivity index (χ4v) is 3.83. The average Bonchev–Trinajstić information content (AvgIpc) is 3.72. The Balaban J connectivity index is -0.000000191. The second-order valence-corrected chi connectivity index (χ2v) is 26.2. The summed E-state index contributed by atoms with van der Waals surface area (Å²) in [7, 11) is 0. The molecule has 214 valence electrons. The molecule has 0 aromatic heterocycles. The largest absolute Gasteiger partial charge is 1.00 e. The van der Waals surface area contributed by atoms with E-state index in [2.05, 4.69) is 91.8 Å². The van der Waals surface area contributed by atoms with Crippen molar-refractivity contribution >= 4 is 43.0 Å². The first-order valence-electron chi connectivity index (χ1n) is 14.5. The normalized spacial score (nSPS) is 14.0. The maximum atomic E-state index is 10.2. The van der Waals surface area contributed by atoms with Crippen LogP contribution in [0.5, 0.6) is 0 Å². The molecule has 0 heterocycles. The second kappa shape index (κ2) is 30.1. The predicted octanol–water partition coefficient (Wildman–Crippen LogP) is 8.72. The van der Waals surface area contributed by atoms with Crippen LogP contribution in [-0.4, -0.2) is 16.5 Å². The van der Waals surface area contributed by atoms with Crippen molar-refractivity contribution in [2.75, 3.05) is 0 Å². The maximum Gasteiger partial charge on any atom is 1.00 e. The van der Waals surface area contributed by atoms with Crippen LogP contribution in [0.15, 0.2) is 11.6 Å². The molecule has 0 aromatic rings. The van der Waals surface area contributed by atoms with Gasteiger partial charge in [0.15, 0.2) is 0 Å². The van der Waals surface area contributed by atoms with Gasteiger partial charge >= 0.3 is 51.9 Å². The number of ketones is 1. The molecule has 35 heavy (non-hydrogen) atoms. The number of allylic oxidation sites excluding steroid dienone is 2. The minimum absolute atomic E-state index is 0. The number of halogens is 3. The quantitative estimate of drug-likeness (QED) is 0.149. The zero-order valence-electron chi connectivity index (χ0n) is 25.5. The number of Topliss-reactive ketones (excluding diaryl/α,β-unsaturated/α-hetero) is 1. The van der Waals surface area contributed by atoms with Gasteiger partial charge in [0.1, 0.15) is 5.78 Å². The van der Waals surface area contributed by atoms with Gasteiger partial charge in [-0.15, -0.1) is 0 Å². The summed E-state index contributed by atoms with van der Waals surface area (Å²) in [5.41, 5.74) is 1.39. The van der Waals surface area contributed by atoms with Crippen molar-refractivity contribution in [3.63, 3.8) is 0 Å². The molecule has 1 N–H and O–H groups in total. The van der Waals surface area contributed by atoms with Gasteiger partial charge in [0.25, 0.3) is 0 Å². The summed E-state index contributed by atoms with van der Waals surface area (Å²) in [6.07, 6.45) is 21.9. The van der Waals surface area contributed by atoms with Gasteiger partial charge in [0, 0.05) is 5.92 Å². The number of unbranched alkanes of at least 4 members (excludes halogenated alkanes) is 2. The number of rotatable bonds is 13. The Morgan fingerprint density at radius 1 is 0.829 bits per heavy atom. The topological polar surface area (TPSA) is 37.3 Å². The number of aliphatic hydroxyl groups is 1. The third kappa shape index (κ3) is 30.0. The molecule has 5 heteroatoms. The Morgan fingerprint density at radius 2 is 1.26 bits per heavy atom. The Bertz CT molecular complexity index is 463. The summed E-state index contributed by atoms with van der Waals surface area (Å²) in [5.74, 6) is 1.47. The van der Waals surface area contributed by atoms with E-state index < -0.39 is 0 Å². The summed E-state index contributed by atoms with van der Waals surface area (Å²) < 4.78 is 0. The first-order valence-corrected chi connectivity index (χ1v) is 27.1. The standard InChI is InChI=1S/C11H22.C10H20O.C5H8O.C4H10.I3/c1-4-7-10-11(8-5-2)9-6-3;1-3-7-10(11,8-4-2)9-5-6-9;1-4(6)5-2-3-5;1-3-4-2;1-3-2/h10H,4-9H2,1-3H3;9,11H,3-8H2,1-2H3;5H,2-3H2,1H3;3-4H2,1-2H3;/q;;;;-1/p+1. The first-order chi connectivity index (χ1) is 16.7. The van der Waals surface area contributed by atoms with Crippen molar-refractivity contribution in [2.45, 2.75) is 164 Å². The van der Waals surface area contributed by atoms with Crippen LogP contribution in [-0.2, 0) is 4.79 Å². The van der Waals surface area contributed by atoms with Crippen LogP contribution in [0.2, 0.25) is 0 Å². The van der Waals surface area contributed by atoms with Crippen LogP contribution in [0.25, 0.3) is 0 Å². The van der Waals surface area contributed by atoms with Gasteiger partial charge < -0.3 is 5.11 Å². The van der Waals surface area contributed by atoms with Gasteiger partial charge in [-0.05, 0) is 70.6 Å². The van der Waals surface area contributed by atoms with Crippen molar-refractivity contribution < 1.29 is 24.6 Å². The van der Waals surface area contributed by atoms with Crippen LogP contribution < -0.4 is 13.3 Å². The van der Waals surface area contributed by atoms with Crippen molar-refractivity contribution in [2.24, 2.45) is 11.8 Å². The average molecular weight is 835 g/mol. The van der Waals surface area contributed by atoms with E-state index in [9.17, 15) is 9.90 Å². The van der Waals surface area contributed by atoms with Gasteiger partial charge in [0.2, 0.25) is 0 Å². The summed E-state index contributed by atoms with van der Waals surface area (Å²) in [6.45, 7) is 17.1. The number of carbonyl (C=O) groups excluding carboxylic acids is 1. The monoisotopic (exact) mass is 834 g/mol. The van der Waals surface area contributed by atoms with Crippen LogP contribution in [0, 0.1) is 11.8 Å². The molecule has 0 radical (unpaired) electrons. The smallest absolute Gasteiger partial charge is 1.00 e. The van der Waals surface area contributed by atoms with Crippen molar-refractivity contribution in [3.05, 3.63) is 11.6 Å². The molecule has 0 saturated heterocycles. The van der Waals surface area contributed by atoms with Crippen molar-refractivity contribution in [1.29, 1.82) is 0 Å². The number of hydrogen-bond donors (Lipinski definition) is 1. The molecule has 0 aliphatic heterocycles. The van der Waals surface area contributed by atoms with Crippen LogP contribution >= 0.6 is 37.2 Å². The Morgan fingerprint density at radius 3 is 1.46 bits per heavy atom. The van der Waals surface area contributed by atoms with E-state index in [0.29, 0.717) is 30.9 Å². The Hall–Kier alpha value is 1.56. The predicted molar refractivity (Wildman–Crippen MR) is 173 cm³/mol. The molecule has 2 rings (SSSR count). The molecular weight excluding hydrogens is 773 g/mol. The summed E-state index contributed by atoms with van der Waals surface area (Å²) >= 11 is 5.30. The first kappa shape index (κ1) is 41.0. The minimum atomic E-state index is -0.288. The third-order valence-electron chi connectivity index (χ3n) is 6.22. The van der Waals surface area contributed by atoms with Gasteiger partial charge in [-0.25, -0.2) is 0 Å². The summed E-state index contributed by atoms with van der Waals surface area (Å²) in [5, 5.41) is 10.2. The maximum absolute atomic E-state index is 10.2. The zero-order valence-corrected chi connectivity index (χ0v) is 31.0. The minimum Gasteiger partial charge on any atom is 1.00 e. The van der Waals surface area contributed by atoms with E-state index in [0.717, 1.165) is 38.5 Å². The van der Waals surface area contributed by atoms with Crippen molar-refractivity contribution in [3.8, 4) is 0 Å². The molecular formula is C30H61I3O2. The zero-order chi connectivity index (χ0) is 27.5. The van der Waals surface area contributed by atoms with Crippen LogP contribution in [0.1, 0.15) is 160 Å². The molecule has 2 saturated carbocycles. The fourth-order valence-electron chi connectivity index (χ4n) is 3.83. The molecule has 2 aliphatic rings. The molecule has 2 fully saturated rings. The number of carbonyl (C=O) groups is 1. The van der Waals surface area contributed by atoms with E-state index in [1.54, 1.807) is 12.5 Å². The molecule has 0 aromatic carbocycles. The van der Waals surface area contributed by atoms with Gasteiger partial charge in [-0.3, -0.25) is 4.79 Å². The van der Waals surface area contributed by atoms with E-state index in [1.807, 2.05) is 0 Å². The fraction of sp³-hybridized carbons (Fsp3) is 0.900. The van der Waals surface area contributed by atoms with Gasteiger partial charge in [-0.2, -0.15) is 0 Å². The van der Waals surface area contributed by atoms with Crippen LogP contribution in [0.3, 0.4) is 0 Å². The molecule has 0 unspecified atom stereocenters. The Labute approximate surface area is 252 Å². The summed E-state index contributed by atoms with van der Waals surface area (Å²) in [6, 6.07) is 0. The van der Waals surface area contributed by atoms with E-state index in [4.69, 9.17) is 0 Å². The van der Waals surface area contributed by atoms with Crippen LogP contribution in [0.4, 0.5) is 0 Å². The molecule has 0 atom stereocenters. The van der Waals surface area contributed by atoms with Gasteiger partial charge in [0.05, 0.1) is 5.60 Å². The molecule has 0 bridgehead atoms. The Kier molecular flexibility index (Phi) is 35.3. The van der Waals surface area contributed by atoms with Crippen molar-refractivity contribution in [1.82, 2.24) is 0 Å². The molecule has 0 amide bonds. The molecule has 0 spiro atoms. The van der Waals surface area contributed by atoms with E-state index >= 15 is 0 Å². The molecule has 2 nitrogen and oxygen atoms in total. The van der Waals surface area contributed by atoms with E-state index in [1.165, 1.54) is 64.2 Å². The van der Waals surface area contributed by atoms with E-state index in [-0.39, 0.29) is 7.03 Å². The number of hydrogen-bond acceptors (Lipinski definition) is 2. The van der Waals surface area contributed by atoms with Gasteiger partial charge in [-0.1, -0.05) is 105 Å². The SMILES string of the molecule is CC(=O)C1CC1.CCCC.CCCC(O)(CCC)C1CC1.CCCC=C(CCC)CCC.I[I-]I.[H+].